The maximum atomic E-state index is 13.6. The second-order valence-corrected chi connectivity index (χ2v) is 10.8. The first-order chi connectivity index (χ1) is 17.1. The van der Waals surface area contributed by atoms with Crippen molar-refractivity contribution >= 4 is 32.8 Å². The van der Waals surface area contributed by atoms with E-state index in [2.05, 4.69) is 25.6 Å². The van der Waals surface area contributed by atoms with Gasteiger partial charge < -0.3 is 10.6 Å². The summed E-state index contributed by atoms with van der Waals surface area (Å²) in [6, 6.07) is 5.44. The summed E-state index contributed by atoms with van der Waals surface area (Å²) in [5.74, 6) is -0.107. The Morgan fingerprint density at radius 1 is 1.00 bits per heavy atom. The molecule has 1 aromatic carbocycles. The number of nitrogens with two attached hydrogens (primary N) is 1. The summed E-state index contributed by atoms with van der Waals surface area (Å²) in [5, 5.41) is 10.2. The fourth-order valence-corrected chi connectivity index (χ4v) is 4.51. The van der Waals surface area contributed by atoms with Crippen LogP contribution in [-0.2, 0) is 22.7 Å². The number of nitrogens with zero attached hydrogens (tertiary/aromatic N) is 3. The van der Waals surface area contributed by atoms with Crippen LogP contribution in [-0.4, -0.2) is 35.1 Å². The van der Waals surface area contributed by atoms with E-state index in [0.29, 0.717) is 6.07 Å². The second kappa shape index (κ2) is 8.41. The highest BCUT2D eigenvalue weighted by atomic mass is 32.2. The van der Waals surface area contributed by atoms with Gasteiger partial charge in [0.2, 0.25) is 16.0 Å². The maximum absolute atomic E-state index is 13.6. The molecule has 4 N–H and O–H groups in total. The molecule has 0 radical (unpaired) electrons. The van der Waals surface area contributed by atoms with Crippen molar-refractivity contribution in [1.82, 2.24) is 15.0 Å². The van der Waals surface area contributed by atoms with Gasteiger partial charge in [-0.05, 0) is 61.6 Å². The standard InChI is InChI=1S/C22H20F6N6O2S/c23-21(24,25)13-7-11(8-14(9-13)37(29,35)36)10-30-19-32-16-4-3-15(12-1-2-12)31-17(16)18(33-19)34-20(5-6-20)22(26,27)28/h3-4,7-9,12H,1-2,5-6,10H2,(H2,29,35,36)(H2,30,32,33,34). The number of halogens is 6. The predicted molar refractivity (Wildman–Crippen MR) is 121 cm³/mol. The van der Waals surface area contributed by atoms with Crippen molar-refractivity contribution in [2.75, 3.05) is 10.6 Å². The van der Waals surface area contributed by atoms with E-state index in [0.717, 1.165) is 30.7 Å². The van der Waals surface area contributed by atoms with Gasteiger partial charge in [-0.25, -0.2) is 23.5 Å². The predicted octanol–water partition coefficient (Wildman–Crippen LogP) is 4.69. The normalized spacial score (nSPS) is 17.6. The number of fused-ring (bicyclic) bond motifs is 1. The lowest BCUT2D eigenvalue weighted by molar-refractivity contribution is -0.151. The van der Waals surface area contributed by atoms with Crippen LogP contribution in [0.2, 0.25) is 0 Å². The molecule has 2 saturated carbocycles. The van der Waals surface area contributed by atoms with Crippen LogP contribution in [0, 0.1) is 0 Å². The summed E-state index contributed by atoms with van der Waals surface area (Å²) in [7, 11) is -4.44. The first-order valence-corrected chi connectivity index (χ1v) is 12.7. The number of nitrogens with one attached hydrogen (secondary N) is 2. The summed E-state index contributed by atoms with van der Waals surface area (Å²) in [4.78, 5) is 12.2. The number of rotatable bonds is 7. The first-order valence-electron chi connectivity index (χ1n) is 11.2. The third-order valence-electron chi connectivity index (χ3n) is 6.28. The van der Waals surface area contributed by atoms with E-state index in [1.54, 1.807) is 12.1 Å². The summed E-state index contributed by atoms with van der Waals surface area (Å²) >= 11 is 0. The molecule has 0 unspecified atom stereocenters. The monoisotopic (exact) mass is 546 g/mol. The van der Waals surface area contributed by atoms with Crippen LogP contribution in [0.5, 0.6) is 0 Å². The Hall–Kier alpha value is -3.20. The number of alkyl halides is 6. The van der Waals surface area contributed by atoms with Crippen molar-refractivity contribution in [1.29, 1.82) is 0 Å². The van der Waals surface area contributed by atoms with E-state index >= 15 is 0 Å². The Balaban J connectivity index is 1.50. The Bertz CT molecular complexity index is 1480. The Labute approximate surface area is 206 Å². The van der Waals surface area contributed by atoms with E-state index < -0.39 is 38.4 Å². The lowest BCUT2D eigenvalue weighted by Crippen LogP contribution is -2.39. The number of hydrogen-bond acceptors (Lipinski definition) is 7. The zero-order valence-corrected chi connectivity index (χ0v) is 19.7. The van der Waals surface area contributed by atoms with Gasteiger partial charge in [-0.15, -0.1) is 0 Å². The van der Waals surface area contributed by atoms with Crippen LogP contribution in [0.25, 0.3) is 11.0 Å². The molecule has 5 rings (SSSR count). The largest absolute Gasteiger partial charge is 0.416 e. The van der Waals surface area contributed by atoms with E-state index in [1.807, 2.05) is 0 Å². The zero-order valence-electron chi connectivity index (χ0n) is 18.9. The molecular weight excluding hydrogens is 526 g/mol. The van der Waals surface area contributed by atoms with Gasteiger partial charge >= 0.3 is 12.4 Å². The van der Waals surface area contributed by atoms with Crippen LogP contribution < -0.4 is 15.8 Å². The lowest BCUT2D eigenvalue weighted by Gasteiger charge is -2.22. The van der Waals surface area contributed by atoms with Crippen LogP contribution in [0.1, 0.15) is 48.4 Å². The van der Waals surface area contributed by atoms with Gasteiger partial charge in [-0.3, -0.25) is 0 Å². The molecule has 2 aliphatic rings. The molecule has 0 bridgehead atoms. The SMILES string of the molecule is NS(=O)(=O)c1cc(CNc2nc(NC3(C(F)(F)F)CC3)c3nc(C4CC4)ccc3n2)cc(C(F)(F)F)c1. The molecule has 2 heterocycles. The fourth-order valence-electron chi connectivity index (χ4n) is 3.90. The van der Waals surface area contributed by atoms with Gasteiger partial charge in [0.1, 0.15) is 11.1 Å². The highest BCUT2D eigenvalue weighted by molar-refractivity contribution is 7.89. The molecule has 0 spiro atoms. The molecule has 0 atom stereocenters. The minimum atomic E-state index is -4.84. The van der Waals surface area contributed by atoms with Gasteiger partial charge in [-0.1, -0.05) is 0 Å². The van der Waals surface area contributed by atoms with E-state index in [4.69, 9.17) is 5.14 Å². The number of sulfonamides is 1. The molecule has 8 nitrogen and oxygen atoms in total. The van der Waals surface area contributed by atoms with Crippen molar-refractivity contribution in [3.05, 3.63) is 47.2 Å². The van der Waals surface area contributed by atoms with Crippen molar-refractivity contribution in [2.24, 2.45) is 5.14 Å². The number of pyridine rings is 1. The number of anilines is 2. The van der Waals surface area contributed by atoms with Crippen molar-refractivity contribution in [3.63, 3.8) is 0 Å². The molecule has 2 aliphatic carbocycles. The average molecular weight is 546 g/mol. The third kappa shape index (κ3) is 5.28. The Morgan fingerprint density at radius 3 is 2.27 bits per heavy atom. The Kier molecular flexibility index (Phi) is 5.78. The van der Waals surface area contributed by atoms with Gasteiger partial charge in [0.05, 0.1) is 16.0 Å². The number of hydrogen-bond donors (Lipinski definition) is 3. The summed E-state index contributed by atoms with van der Waals surface area (Å²) < 4.78 is 104. The lowest BCUT2D eigenvalue weighted by atomic mass is 10.1. The summed E-state index contributed by atoms with van der Waals surface area (Å²) in [6.07, 6.45) is -7.82. The highest BCUT2D eigenvalue weighted by Gasteiger charge is 2.64. The van der Waals surface area contributed by atoms with E-state index in [9.17, 15) is 34.8 Å². The fraction of sp³-hybridized carbons (Fsp3) is 0.409. The van der Waals surface area contributed by atoms with Crippen LogP contribution in [0.15, 0.2) is 35.2 Å². The van der Waals surface area contributed by atoms with Crippen molar-refractivity contribution in [3.8, 4) is 0 Å². The number of benzene rings is 1. The van der Waals surface area contributed by atoms with Gasteiger partial charge in [0.15, 0.2) is 5.82 Å². The van der Waals surface area contributed by atoms with Gasteiger partial charge in [0.25, 0.3) is 0 Å². The molecule has 0 aliphatic heterocycles. The van der Waals surface area contributed by atoms with Crippen LogP contribution >= 0.6 is 0 Å². The highest BCUT2D eigenvalue weighted by Crippen LogP contribution is 2.51. The second-order valence-electron chi connectivity index (χ2n) is 9.24. The number of primary sulfonamides is 1. The zero-order chi connectivity index (χ0) is 26.8. The van der Waals surface area contributed by atoms with Crippen LogP contribution in [0.4, 0.5) is 38.1 Å². The van der Waals surface area contributed by atoms with Gasteiger partial charge in [0, 0.05) is 18.2 Å². The van der Waals surface area contributed by atoms with Gasteiger partial charge in [-0.2, -0.15) is 31.3 Å². The molecule has 3 aromatic rings. The minimum Gasteiger partial charge on any atom is -0.354 e. The molecule has 0 saturated heterocycles. The molecule has 2 fully saturated rings. The molecular formula is C22H20F6N6O2S. The summed E-state index contributed by atoms with van der Waals surface area (Å²) in [6.45, 7) is -0.366. The quantitative estimate of drug-likeness (QED) is 0.368. The van der Waals surface area contributed by atoms with E-state index in [-0.39, 0.29) is 53.7 Å². The topological polar surface area (TPSA) is 123 Å². The smallest absolute Gasteiger partial charge is 0.354 e. The molecule has 37 heavy (non-hydrogen) atoms. The van der Waals surface area contributed by atoms with Crippen molar-refractivity contribution < 1.29 is 34.8 Å². The summed E-state index contributed by atoms with van der Waals surface area (Å²) in [5.41, 5.74) is -2.37. The molecule has 2 aromatic heterocycles. The van der Waals surface area contributed by atoms with Crippen molar-refractivity contribution in [2.45, 2.75) is 60.9 Å². The Morgan fingerprint density at radius 2 is 1.70 bits per heavy atom. The number of aromatic nitrogens is 3. The first kappa shape index (κ1) is 25.4. The van der Waals surface area contributed by atoms with E-state index in [1.165, 1.54) is 0 Å². The van der Waals surface area contributed by atoms with Crippen LogP contribution in [0.3, 0.4) is 0 Å². The molecule has 0 amide bonds. The maximum Gasteiger partial charge on any atom is 0.416 e. The molecule has 198 valence electrons. The molecule has 15 heteroatoms. The minimum absolute atomic E-state index is 0.104. The third-order valence-corrected chi connectivity index (χ3v) is 7.18. The average Bonchev–Trinajstić information content (AvgIpc) is 3.70.